The van der Waals surface area contributed by atoms with Gasteiger partial charge in [-0.25, -0.2) is 5.43 Å². The minimum atomic E-state index is -1.02. The molecule has 1 N–H and O–H groups in total. The zero-order valence-corrected chi connectivity index (χ0v) is 23.1. The number of likely N-dealkylation sites (tertiary alicyclic amines) is 1. The van der Waals surface area contributed by atoms with Gasteiger partial charge in [0.25, 0.3) is 0 Å². The van der Waals surface area contributed by atoms with E-state index in [0.717, 1.165) is 33.4 Å². The van der Waals surface area contributed by atoms with E-state index in [2.05, 4.69) is 22.7 Å². The van der Waals surface area contributed by atoms with Crippen molar-refractivity contribution in [3.05, 3.63) is 137 Å². The normalized spacial score (nSPS) is 23.5. The van der Waals surface area contributed by atoms with Crippen molar-refractivity contribution in [3.63, 3.8) is 0 Å². The Morgan fingerprint density at radius 1 is 0.833 bits per heavy atom. The molecule has 7 nitrogen and oxygen atoms in total. The minimum Gasteiger partial charge on any atom is -0.497 e. The number of ether oxygens (including phenoxy) is 1. The van der Waals surface area contributed by atoms with E-state index in [4.69, 9.17) is 4.74 Å². The zero-order valence-electron chi connectivity index (χ0n) is 23.1. The summed E-state index contributed by atoms with van der Waals surface area (Å²) in [4.78, 5) is 42.8. The number of hydrogen-bond acceptors (Lipinski definition) is 5. The van der Waals surface area contributed by atoms with Crippen LogP contribution in [-0.2, 0) is 32.8 Å². The predicted molar refractivity (Wildman–Crippen MR) is 158 cm³/mol. The van der Waals surface area contributed by atoms with Crippen molar-refractivity contribution in [3.8, 4) is 5.75 Å². The fourth-order valence-corrected chi connectivity index (χ4v) is 7.21. The first-order valence-electron chi connectivity index (χ1n) is 14.1. The number of imide groups is 1. The molecule has 0 saturated carbocycles. The van der Waals surface area contributed by atoms with Gasteiger partial charge in [0.2, 0.25) is 17.7 Å². The van der Waals surface area contributed by atoms with Gasteiger partial charge in [0.05, 0.1) is 37.3 Å². The summed E-state index contributed by atoms with van der Waals surface area (Å²) in [6.45, 7) is 0.219. The maximum atomic E-state index is 14.3. The summed E-state index contributed by atoms with van der Waals surface area (Å²) in [5.74, 6) is -1.41. The predicted octanol–water partition coefficient (Wildman–Crippen LogP) is 4.59. The standard InChI is InChI=1S/C35H29N3O4/c1-42-24-17-15-22(16-18-24)19-29(39)37-36-21-35-27-13-7-5-11-25(27)30(26-12-6-8-14-28(26)35)31-32(35)34(41)38(33(31)40)20-23-9-3-2-4-10-23/h2-18,21,30-32H,19-20H2,1H3,(H,37,39)/b36-21-/t30?,31-,32-,35?/m1/s1. The SMILES string of the molecule is COc1ccc(CC(=O)N/N=C\C23c4ccccc4C(c4ccccc42)[C@H]2C(=O)N(Cc4ccccc4)C(=O)[C@@H]23)cc1. The third kappa shape index (κ3) is 3.88. The molecule has 7 heteroatoms. The van der Waals surface area contributed by atoms with E-state index in [-0.39, 0.29) is 36.6 Å². The Kier molecular flexibility index (Phi) is 6.23. The quantitative estimate of drug-likeness (QED) is 0.205. The second-order valence-electron chi connectivity index (χ2n) is 11.1. The van der Waals surface area contributed by atoms with Gasteiger partial charge in [0.1, 0.15) is 5.75 Å². The fourth-order valence-electron chi connectivity index (χ4n) is 7.21. The number of nitrogens with zero attached hydrogens (tertiary/aromatic N) is 2. The van der Waals surface area contributed by atoms with Crippen molar-refractivity contribution in [2.75, 3.05) is 7.11 Å². The van der Waals surface area contributed by atoms with Gasteiger partial charge in [-0.1, -0.05) is 91.0 Å². The molecule has 4 aromatic carbocycles. The van der Waals surface area contributed by atoms with E-state index in [1.807, 2.05) is 91.0 Å². The second kappa shape index (κ2) is 10.1. The highest BCUT2D eigenvalue weighted by Crippen LogP contribution is 2.63. The molecule has 1 saturated heterocycles. The van der Waals surface area contributed by atoms with E-state index in [9.17, 15) is 14.4 Å². The fraction of sp³-hybridized carbons (Fsp3) is 0.200. The minimum absolute atomic E-state index is 0.137. The number of rotatable bonds is 7. The first-order valence-corrected chi connectivity index (χ1v) is 14.1. The van der Waals surface area contributed by atoms with Gasteiger partial charge in [-0.15, -0.1) is 0 Å². The molecule has 4 aromatic rings. The Labute approximate surface area is 243 Å². The van der Waals surface area contributed by atoms with Crippen LogP contribution in [0.1, 0.15) is 39.3 Å². The highest BCUT2D eigenvalue weighted by molar-refractivity contribution is 6.11. The summed E-state index contributed by atoms with van der Waals surface area (Å²) in [5, 5.41) is 4.49. The third-order valence-corrected chi connectivity index (χ3v) is 8.94. The zero-order chi connectivity index (χ0) is 28.8. The van der Waals surface area contributed by atoms with Crippen LogP contribution in [0.25, 0.3) is 0 Å². The summed E-state index contributed by atoms with van der Waals surface area (Å²) in [6, 6.07) is 32.9. The Hall–Kier alpha value is -5.04. The van der Waals surface area contributed by atoms with E-state index < -0.39 is 17.3 Å². The molecule has 3 aliphatic carbocycles. The molecule has 0 radical (unpaired) electrons. The lowest BCUT2D eigenvalue weighted by atomic mass is 9.47. The highest BCUT2D eigenvalue weighted by atomic mass is 16.5. The molecule has 0 unspecified atom stereocenters. The van der Waals surface area contributed by atoms with Crippen LogP contribution in [0.2, 0.25) is 0 Å². The van der Waals surface area contributed by atoms with Crippen LogP contribution in [0.15, 0.2) is 108 Å². The van der Waals surface area contributed by atoms with Crippen LogP contribution in [0.4, 0.5) is 0 Å². The van der Waals surface area contributed by atoms with Gasteiger partial charge in [-0.2, -0.15) is 5.10 Å². The lowest BCUT2D eigenvalue weighted by molar-refractivity contribution is -0.140. The van der Waals surface area contributed by atoms with Crippen LogP contribution in [-0.4, -0.2) is 35.9 Å². The van der Waals surface area contributed by atoms with Crippen molar-refractivity contribution in [1.82, 2.24) is 10.3 Å². The molecule has 208 valence electrons. The number of hydrazone groups is 1. The van der Waals surface area contributed by atoms with E-state index >= 15 is 0 Å². The van der Waals surface area contributed by atoms with Crippen molar-refractivity contribution >= 4 is 23.9 Å². The average Bonchev–Trinajstić information content (AvgIpc) is 3.28. The molecule has 0 aromatic heterocycles. The molecule has 2 bridgehead atoms. The molecule has 8 rings (SSSR count). The van der Waals surface area contributed by atoms with E-state index in [1.54, 1.807) is 13.3 Å². The Bertz CT molecular complexity index is 1680. The summed E-state index contributed by atoms with van der Waals surface area (Å²) in [6.07, 6.45) is 1.83. The molecular formula is C35H29N3O4. The Morgan fingerprint density at radius 2 is 1.45 bits per heavy atom. The summed E-state index contributed by atoms with van der Waals surface area (Å²) >= 11 is 0. The molecule has 4 aliphatic rings. The van der Waals surface area contributed by atoms with Gasteiger partial charge in [0.15, 0.2) is 0 Å². The van der Waals surface area contributed by atoms with Crippen LogP contribution < -0.4 is 10.2 Å². The summed E-state index contributed by atoms with van der Waals surface area (Å²) < 4.78 is 5.20. The number of methoxy groups -OCH3 is 1. The van der Waals surface area contributed by atoms with Crippen molar-refractivity contribution in [2.24, 2.45) is 16.9 Å². The number of carbonyl (C=O) groups excluding carboxylic acids is 3. The molecule has 1 fully saturated rings. The molecule has 1 heterocycles. The maximum absolute atomic E-state index is 14.3. The van der Waals surface area contributed by atoms with Gasteiger partial charge in [-0.3, -0.25) is 19.3 Å². The summed E-state index contributed by atoms with van der Waals surface area (Å²) in [7, 11) is 1.60. The topological polar surface area (TPSA) is 88.1 Å². The molecular weight excluding hydrogens is 526 g/mol. The number of carbonyl (C=O) groups is 3. The summed E-state index contributed by atoms with van der Waals surface area (Å²) in [5.41, 5.74) is 7.34. The molecule has 42 heavy (non-hydrogen) atoms. The number of nitrogens with one attached hydrogen (secondary N) is 1. The van der Waals surface area contributed by atoms with Gasteiger partial charge in [-0.05, 0) is 45.5 Å². The molecule has 0 spiro atoms. The third-order valence-electron chi connectivity index (χ3n) is 8.94. The smallest absolute Gasteiger partial charge is 0.244 e. The van der Waals surface area contributed by atoms with E-state index in [1.165, 1.54) is 4.90 Å². The van der Waals surface area contributed by atoms with E-state index in [0.29, 0.717) is 5.75 Å². The number of benzene rings is 4. The highest BCUT2D eigenvalue weighted by Gasteiger charge is 2.67. The second-order valence-corrected chi connectivity index (χ2v) is 11.1. The Morgan fingerprint density at radius 3 is 2.10 bits per heavy atom. The molecule has 1 aliphatic heterocycles. The van der Waals surface area contributed by atoms with Crippen LogP contribution >= 0.6 is 0 Å². The van der Waals surface area contributed by atoms with Crippen molar-refractivity contribution in [2.45, 2.75) is 24.3 Å². The van der Waals surface area contributed by atoms with Gasteiger partial charge < -0.3 is 4.74 Å². The Balaban J connectivity index is 1.29. The van der Waals surface area contributed by atoms with Gasteiger partial charge in [0, 0.05) is 12.1 Å². The number of hydrogen-bond donors (Lipinski definition) is 1. The maximum Gasteiger partial charge on any atom is 0.244 e. The van der Waals surface area contributed by atoms with Crippen LogP contribution in [0.5, 0.6) is 5.75 Å². The average molecular weight is 556 g/mol. The lowest BCUT2D eigenvalue weighted by Crippen LogP contribution is -2.54. The first kappa shape index (κ1) is 25.9. The first-order chi connectivity index (χ1) is 20.5. The van der Waals surface area contributed by atoms with Crippen LogP contribution in [0.3, 0.4) is 0 Å². The van der Waals surface area contributed by atoms with Crippen LogP contribution in [0, 0.1) is 11.8 Å². The lowest BCUT2D eigenvalue weighted by Gasteiger charge is -2.52. The largest absolute Gasteiger partial charge is 0.497 e. The van der Waals surface area contributed by atoms with Crippen molar-refractivity contribution < 1.29 is 19.1 Å². The van der Waals surface area contributed by atoms with Gasteiger partial charge >= 0.3 is 0 Å². The number of amides is 3. The van der Waals surface area contributed by atoms with Crippen molar-refractivity contribution in [1.29, 1.82) is 0 Å². The molecule has 2 atom stereocenters. The monoisotopic (exact) mass is 555 g/mol. The molecule has 3 amide bonds.